The number of carbonyl (C=O) groups excluding carboxylic acids is 2. The summed E-state index contributed by atoms with van der Waals surface area (Å²) >= 11 is 0. The first-order valence-corrected chi connectivity index (χ1v) is 11.5. The van der Waals surface area contributed by atoms with Gasteiger partial charge in [0.2, 0.25) is 11.8 Å². The number of hydrogen-bond acceptors (Lipinski definition) is 5. The molecule has 4 rings (SSSR count). The quantitative estimate of drug-likeness (QED) is 0.505. The second kappa shape index (κ2) is 10.7. The summed E-state index contributed by atoms with van der Waals surface area (Å²) in [4.78, 5) is 27.4. The van der Waals surface area contributed by atoms with Gasteiger partial charge in [0.1, 0.15) is 23.5 Å². The summed E-state index contributed by atoms with van der Waals surface area (Å²) in [6, 6.07) is 20.3. The Morgan fingerprint density at radius 1 is 1.12 bits per heavy atom. The van der Waals surface area contributed by atoms with Crippen LogP contribution in [0.1, 0.15) is 48.5 Å². The fraction of sp³-hybridized carbons (Fsp3) is 0.308. The number of aromatic nitrogens is 2. The number of nitriles is 1. The third-order valence-corrected chi connectivity index (χ3v) is 6.03. The maximum atomic E-state index is 13.2. The number of para-hydroxylation sites is 1. The van der Waals surface area contributed by atoms with Gasteiger partial charge in [-0.25, -0.2) is 4.68 Å². The molecule has 8 heteroatoms. The molecule has 3 aromatic rings. The van der Waals surface area contributed by atoms with E-state index in [1.165, 1.54) is 0 Å². The zero-order chi connectivity index (χ0) is 23.9. The summed E-state index contributed by atoms with van der Waals surface area (Å²) in [5.74, 6) is 0.118. The van der Waals surface area contributed by atoms with Gasteiger partial charge in [-0.2, -0.15) is 10.4 Å². The maximum Gasteiger partial charge on any atom is 0.247 e. The van der Waals surface area contributed by atoms with Gasteiger partial charge in [-0.3, -0.25) is 9.59 Å². The molecule has 8 nitrogen and oxygen atoms in total. The van der Waals surface area contributed by atoms with E-state index in [4.69, 9.17) is 5.73 Å². The molecule has 2 heterocycles. The Labute approximate surface area is 199 Å². The number of amides is 2. The second-order valence-electron chi connectivity index (χ2n) is 8.32. The number of anilines is 1. The smallest absolute Gasteiger partial charge is 0.247 e. The molecule has 1 saturated heterocycles. The van der Waals surface area contributed by atoms with Gasteiger partial charge in [-0.15, -0.1) is 0 Å². The molecular weight excluding hydrogens is 428 g/mol. The van der Waals surface area contributed by atoms with E-state index in [2.05, 4.69) is 16.5 Å². The number of benzene rings is 2. The molecule has 1 fully saturated rings. The van der Waals surface area contributed by atoms with E-state index < -0.39 is 6.04 Å². The minimum atomic E-state index is -0.642. The lowest BCUT2D eigenvalue weighted by Gasteiger charge is -2.34. The molecule has 0 spiro atoms. The number of nitrogens with two attached hydrogens (primary N) is 1. The molecule has 1 aliphatic rings. The van der Waals surface area contributed by atoms with Crippen LogP contribution in [-0.4, -0.2) is 39.6 Å². The third-order valence-electron chi connectivity index (χ3n) is 6.03. The van der Waals surface area contributed by atoms with E-state index in [0.717, 1.165) is 24.1 Å². The summed E-state index contributed by atoms with van der Waals surface area (Å²) in [5, 5.41) is 17.1. The normalized spacial score (nSPS) is 14.4. The molecule has 1 aliphatic heterocycles. The highest BCUT2D eigenvalue weighted by molar-refractivity contribution is 5.89. The fourth-order valence-corrected chi connectivity index (χ4v) is 4.31. The molecule has 1 aromatic heterocycles. The highest BCUT2D eigenvalue weighted by atomic mass is 16.2. The molecule has 34 heavy (non-hydrogen) atoms. The SMILES string of the molecule is N#Cc1c(CCCNC(=O)C(c2ccccc2)N2CCCCC2=O)nn(-c2ccccc2)c1N. The van der Waals surface area contributed by atoms with Crippen molar-refractivity contribution in [2.75, 3.05) is 18.8 Å². The number of rotatable bonds is 8. The summed E-state index contributed by atoms with van der Waals surface area (Å²) in [6.45, 7) is 0.973. The standard InChI is InChI=1S/C26H28N6O2/c27-18-21-22(30-32(25(21)28)20-12-5-2-6-13-20)14-9-16-29-26(34)24(19-10-3-1-4-11-19)31-17-8-7-15-23(31)33/h1-6,10-13,24H,7-9,14-17,28H2,(H,29,34). The molecule has 2 amide bonds. The minimum absolute atomic E-state index is 0.0100. The highest BCUT2D eigenvalue weighted by Gasteiger charge is 2.32. The third kappa shape index (κ3) is 4.94. The van der Waals surface area contributed by atoms with Crippen LogP contribution in [0.4, 0.5) is 5.82 Å². The van der Waals surface area contributed by atoms with Gasteiger partial charge in [0.05, 0.1) is 11.4 Å². The van der Waals surface area contributed by atoms with Crippen LogP contribution in [0.15, 0.2) is 60.7 Å². The van der Waals surface area contributed by atoms with E-state index in [9.17, 15) is 14.9 Å². The Kier molecular flexibility index (Phi) is 7.23. The van der Waals surface area contributed by atoms with E-state index in [0.29, 0.717) is 49.4 Å². The zero-order valence-electron chi connectivity index (χ0n) is 19.0. The Morgan fingerprint density at radius 3 is 2.50 bits per heavy atom. The van der Waals surface area contributed by atoms with Crippen molar-refractivity contribution in [3.8, 4) is 11.8 Å². The number of nitrogens with one attached hydrogen (secondary N) is 1. The van der Waals surface area contributed by atoms with Gasteiger partial charge in [0.15, 0.2) is 0 Å². The van der Waals surface area contributed by atoms with Crippen LogP contribution >= 0.6 is 0 Å². The van der Waals surface area contributed by atoms with Gasteiger partial charge < -0.3 is 16.0 Å². The van der Waals surface area contributed by atoms with Crippen molar-refractivity contribution >= 4 is 17.6 Å². The molecule has 0 radical (unpaired) electrons. The van der Waals surface area contributed by atoms with Crippen LogP contribution in [-0.2, 0) is 16.0 Å². The predicted molar refractivity (Wildman–Crippen MR) is 129 cm³/mol. The van der Waals surface area contributed by atoms with Crippen molar-refractivity contribution in [3.63, 3.8) is 0 Å². The first-order chi connectivity index (χ1) is 16.6. The second-order valence-corrected chi connectivity index (χ2v) is 8.32. The van der Waals surface area contributed by atoms with Crippen LogP contribution in [0.25, 0.3) is 5.69 Å². The molecule has 1 atom stereocenters. The van der Waals surface area contributed by atoms with E-state index >= 15 is 0 Å². The number of nitrogens with zero attached hydrogens (tertiary/aromatic N) is 4. The molecule has 0 aliphatic carbocycles. The topological polar surface area (TPSA) is 117 Å². The van der Waals surface area contributed by atoms with Crippen LogP contribution in [0.2, 0.25) is 0 Å². The maximum absolute atomic E-state index is 13.2. The summed E-state index contributed by atoms with van der Waals surface area (Å²) in [6.07, 6.45) is 3.30. The fourth-order valence-electron chi connectivity index (χ4n) is 4.31. The molecule has 0 saturated carbocycles. The summed E-state index contributed by atoms with van der Waals surface area (Å²) < 4.78 is 1.57. The molecule has 1 unspecified atom stereocenters. The lowest BCUT2D eigenvalue weighted by molar-refractivity contribution is -0.142. The minimum Gasteiger partial charge on any atom is -0.382 e. The molecule has 0 bridgehead atoms. The van der Waals surface area contributed by atoms with E-state index in [1.54, 1.807) is 9.58 Å². The number of likely N-dealkylation sites (tertiary alicyclic amines) is 1. The molecular formula is C26H28N6O2. The van der Waals surface area contributed by atoms with Crippen molar-refractivity contribution < 1.29 is 9.59 Å². The van der Waals surface area contributed by atoms with Crippen LogP contribution in [0.5, 0.6) is 0 Å². The van der Waals surface area contributed by atoms with Gasteiger partial charge in [0.25, 0.3) is 0 Å². The first-order valence-electron chi connectivity index (χ1n) is 11.5. The Bertz CT molecular complexity index is 1180. The van der Waals surface area contributed by atoms with Gasteiger partial charge in [-0.1, -0.05) is 48.5 Å². The Hall–Kier alpha value is -4.12. The number of hydrogen-bond donors (Lipinski definition) is 2. The van der Waals surface area contributed by atoms with Crippen molar-refractivity contribution in [2.45, 2.75) is 38.1 Å². The number of carbonyl (C=O) groups is 2. The highest BCUT2D eigenvalue weighted by Crippen LogP contribution is 2.26. The predicted octanol–water partition coefficient (Wildman–Crippen LogP) is 3.13. The van der Waals surface area contributed by atoms with Crippen LogP contribution < -0.4 is 11.1 Å². The number of piperidine rings is 1. The van der Waals surface area contributed by atoms with Crippen molar-refractivity contribution in [3.05, 3.63) is 77.5 Å². The van der Waals surface area contributed by atoms with Crippen molar-refractivity contribution in [1.29, 1.82) is 5.26 Å². The lowest BCUT2D eigenvalue weighted by atomic mass is 10.0. The zero-order valence-corrected chi connectivity index (χ0v) is 19.0. The Balaban J connectivity index is 1.42. The average molecular weight is 457 g/mol. The molecule has 174 valence electrons. The van der Waals surface area contributed by atoms with Gasteiger partial charge in [0, 0.05) is 19.5 Å². The largest absolute Gasteiger partial charge is 0.382 e. The summed E-state index contributed by atoms with van der Waals surface area (Å²) in [7, 11) is 0. The van der Waals surface area contributed by atoms with Crippen LogP contribution in [0, 0.1) is 11.3 Å². The van der Waals surface area contributed by atoms with Gasteiger partial charge in [-0.05, 0) is 43.4 Å². The monoisotopic (exact) mass is 456 g/mol. The molecule has 2 aromatic carbocycles. The van der Waals surface area contributed by atoms with Crippen LogP contribution in [0.3, 0.4) is 0 Å². The first kappa shape index (κ1) is 23.1. The van der Waals surface area contributed by atoms with Gasteiger partial charge >= 0.3 is 0 Å². The lowest BCUT2D eigenvalue weighted by Crippen LogP contribution is -2.46. The summed E-state index contributed by atoms with van der Waals surface area (Å²) in [5.41, 5.74) is 8.72. The Morgan fingerprint density at radius 2 is 1.82 bits per heavy atom. The average Bonchev–Trinajstić information content (AvgIpc) is 3.19. The number of aryl methyl sites for hydroxylation is 1. The number of nitrogen functional groups attached to an aromatic ring is 1. The van der Waals surface area contributed by atoms with E-state index in [-0.39, 0.29) is 11.8 Å². The van der Waals surface area contributed by atoms with Crippen molar-refractivity contribution in [1.82, 2.24) is 20.0 Å². The molecule has 3 N–H and O–H groups in total. The van der Waals surface area contributed by atoms with E-state index in [1.807, 2.05) is 60.7 Å². The van der Waals surface area contributed by atoms with Crippen molar-refractivity contribution in [2.24, 2.45) is 0 Å².